The van der Waals surface area contributed by atoms with Crippen molar-refractivity contribution in [3.8, 4) is 5.75 Å². The minimum Gasteiger partial charge on any atom is -0.497 e. The molecule has 7 nitrogen and oxygen atoms in total. The molecule has 0 radical (unpaired) electrons. The summed E-state index contributed by atoms with van der Waals surface area (Å²) >= 11 is 1.47. The Labute approximate surface area is 155 Å². The summed E-state index contributed by atoms with van der Waals surface area (Å²) in [6, 6.07) is 7.44. The molecule has 3 aromatic rings. The number of carbonyl (C=O) groups is 1. The number of hydrogen-bond acceptors (Lipinski definition) is 6. The molecule has 4 rings (SSSR count). The van der Waals surface area contributed by atoms with Gasteiger partial charge in [-0.05, 0) is 37.1 Å². The van der Waals surface area contributed by atoms with Gasteiger partial charge in [-0.3, -0.25) is 14.4 Å². The fraction of sp³-hybridized carbons (Fsp3) is 0.389. The second-order valence-corrected chi connectivity index (χ2v) is 7.26. The van der Waals surface area contributed by atoms with Crippen LogP contribution in [0.25, 0.3) is 10.2 Å². The lowest BCUT2D eigenvalue weighted by Gasteiger charge is -2.22. The number of methoxy groups -OCH3 is 1. The molecule has 1 aliphatic heterocycles. The van der Waals surface area contributed by atoms with Crippen LogP contribution in [0.1, 0.15) is 23.3 Å². The molecule has 0 bridgehead atoms. The highest BCUT2D eigenvalue weighted by Gasteiger charge is 2.28. The number of anilines is 1. The monoisotopic (exact) mass is 372 g/mol. The lowest BCUT2D eigenvalue weighted by molar-refractivity contribution is 0.0913. The molecular weight excluding hydrogens is 352 g/mol. The van der Waals surface area contributed by atoms with Crippen LogP contribution in [-0.2, 0) is 11.8 Å². The minimum atomic E-state index is -0.160. The zero-order valence-electron chi connectivity index (χ0n) is 14.7. The van der Waals surface area contributed by atoms with Crippen LogP contribution in [0.4, 0.5) is 5.13 Å². The smallest absolute Gasteiger partial charge is 0.280 e. The lowest BCUT2D eigenvalue weighted by atomic mass is 10.2. The summed E-state index contributed by atoms with van der Waals surface area (Å²) in [7, 11) is 3.43. The van der Waals surface area contributed by atoms with Gasteiger partial charge < -0.3 is 9.47 Å². The number of thiazole rings is 1. The first kappa shape index (κ1) is 17.0. The number of aryl methyl sites for hydroxylation is 1. The fourth-order valence-corrected chi connectivity index (χ4v) is 4.04. The standard InChI is InChI=1S/C18H20N4O3S/c1-21-8-7-15(20-21)17(23)22(11-13-4-3-9-25-13)18-19-14-6-5-12(24-2)10-16(14)26-18/h5-8,10,13H,3-4,9,11H2,1-2H3. The van der Waals surface area contributed by atoms with Crippen LogP contribution in [-0.4, -0.2) is 47.0 Å². The molecule has 1 saturated heterocycles. The van der Waals surface area contributed by atoms with Gasteiger partial charge in [0, 0.05) is 19.9 Å². The van der Waals surface area contributed by atoms with E-state index in [4.69, 9.17) is 9.47 Å². The summed E-state index contributed by atoms with van der Waals surface area (Å²) in [5, 5.41) is 4.91. The number of benzene rings is 1. The lowest BCUT2D eigenvalue weighted by Crippen LogP contribution is -2.37. The predicted molar refractivity (Wildman–Crippen MR) is 100 cm³/mol. The number of rotatable bonds is 5. The van der Waals surface area contributed by atoms with Crippen LogP contribution in [0.3, 0.4) is 0 Å². The highest BCUT2D eigenvalue weighted by molar-refractivity contribution is 7.22. The van der Waals surface area contributed by atoms with E-state index in [9.17, 15) is 4.79 Å². The quantitative estimate of drug-likeness (QED) is 0.689. The molecule has 0 aliphatic carbocycles. The summed E-state index contributed by atoms with van der Waals surface area (Å²) in [5.74, 6) is 0.613. The maximum absolute atomic E-state index is 13.1. The predicted octanol–water partition coefficient (Wildman–Crippen LogP) is 2.86. The Morgan fingerprint density at radius 3 is 3.04 bits per heavy atom. The van der Waals surface area contributed by atoms with E-state index in [2.05, 4.69) is 10.1 Å². The van der Waals surface area contributed by atoms with E-state index in [-0.39, 0.29) is 12.0 Å². The highest BCUT2D eigenvalue weighted by atomic mass is 32.1. The van der Waals surface area contributed by atoms with Crippen LogP contribution in [0, 0.1) is 0 Å². The summed E-state index contributed by atoms with van der Waals surface area (Å²) in [6.07, 6.45) is 3.77. The van der Waals surface area contributed by atoms with Crippen molar-refractivity contribution in [2.75, 3.05) is 25.2 Å². The average molecular weight is 372 g/mol. The van der Waals surface area contributed by atoms with E-state index in [1.807, 2.05) is 18.2 Å². The van der Waals surface area contributed by atoms with Gasteiger partial charge in [-0.15, -0.1) is 0 Å². The number of amides is 1. The van der Waals surface area contributed by atoms with E-state index in [1.54, 1.807) is 36.0 Å². The second-order valence-electron chi connectivity index (χ2n) is 6.26. The van der Waals surface area contributed by atoms with Crippen molar-refractivity contribution < 1.29 is 14.3 Å². The Morgan fingerprint density at radius 1 is 1.46 bits per heavy atom. The summed E-state index contributed by atoms with van der Waals surface area (Å²) in [6.45, 7) is 1.22. The minimum absolute atomic E-state index is 0.0317. The van der Waals surface area contributed by atoms with E-state index >= 15 is 0 Å². The molecular formula is C18H20N4O3S. The van der Waals surface area contributed by atoms with E-state index in [0.29, 0.717) is 17.4 Å². The molecule has 3 heterocycles. The van der Waals surface area contributed by atoms with E-state index < -0.39 is 0 Å². The van der Waals surface area contributed by atoms with Gasteiger partial charge in [0.25, 0.3) is 5.91 Å². The van der Waals surface area contributed by atoms with Gasteiger partial charge >= 0.3 is 0 Å². The van der Waals surface area contributed by atoms with Gasteiger partial charge in [0.1, 0.15) is 5.75 Å². The molecule has 0 saturated carbocycles. The first-order valence-corrected chi connectivity index (χ1v) is 9.33. The molecule has 0 spiro atoms. The Hall–Kier alpha value is -2.45. The fourth-order valence-electron chi connectivity index (χ4n) is 3.04. The zero-order valence-corrected chi connectivity index (χ0v) is 15.5. The topological polar surface area (TPSA) is 69.5 Å². The van der Waals surface area contributed by atoms with Crippen LogP contribution < -0.4 is 9.64 Å². The van der Waals surface area contributed by atoms with Crippen molar-refractivity contribution >= 4 is 32.6 Å². The van der Waals surface area contributed by atoms with Crippen LogP contribution in [0.2, 0.25) is 0 Å². The Kier molecular flexibility index (Phi) is 4.60. The zero-order chi connectivity index (χ0) is 18.1. The maximum Gasteiger partial charge on any atom is 0.280 e. The van der Waals surface area contributed by atoms with Crippen molar-refractivity contribution in [3.05, 3.63) is 36.2 Å². The van der Waals surface area contributed by atoms with Crippen LogP contribution in [0.5, 0.6) is 5.75 Å². The number of hydrogen-bond donors (Lipinski definition) is 0. The molecule has 8 heteroatoms. The highest BCUT2D eigenvalue weighted by Crippen LogP contribution is 2.32. The molecule has 136 valence electrons. The van der Waals surface area contributed by atoms with Gasteiger partial charge in [-0.25, -0.2) is 4.98 Å². The molecule has 26 heavy (non-hydrogen) atoms. The molecule has 1 amide bonds. The molecule has 1 atom stereocenters. The van der Waals surface area contributed by atoms with Gasteiger partial charge in [-0.2, -0.15) is 5.10 Å². The largest absolute Gasteiger partial charge is 0.497 e. The SMILES string of the molecule is COc1ccc2nc(N(CC3CCCO3)C(=O)c3ccn(C)n3)sc2c1. The molecule has 2 aromatic heterocycles. The van der Waals surface area contributed by atoms with Crippen molar-refractivity contribution in [2.24, 2.45) is 7.05 Å². The van der Waals surface area contributed by atoms with E-state index in [1.165, 1.54) is 11.3 Å². The van der Waals surface area contributed by atoms with Crippen molar-refractivity contribution in [2.45, 2.75) is 18.9 Å². The van der Waals surface area contributed by atoms with Gasteiger partial charge in [0.2, 0.25) is 0 Å². The molecule has 0 N–H and O–H groups in total. The summed E-state index contributed by atoms with van der Waals surface area (Å²) < 4.78 is 13.6. The van der Waals surface area contributed by atoms with Crippen molar-refractivity contribution in [3.63, 3.8) is 0 Å². The summed E-state index contributed by atoms with van der Waals surface area (Å²) in [5.41, 5.74) is 1.25. The maximum atomic E-state index is 13.1. The van der Waals surface area contributed by atoms with E-state index in [0.717, 1.165) is 35.4 Å². The van der Waals surface area contributed by atoms with Gasteiger partial charge in [0.15, 0.2) is 10.8 Å². The molecule has 1 unspecified atom stereocenters. The number of ether oxygens (including phenoxy) is 2. The Morgan fingerprint density at radius 2 is 2.35 bits per heavy atom. The molecule has 1 aliphatic rings. The first-order valence-electron chi connectivity index (χ1n) is 8.52. The number of carbonyl (C=O) groups excluding carboxylic acids is 1. The van der Waals surface area contributed by atoms with Crippen molar-refractivity contribution in [1.82, 2.24) is 14.8 Å². The Bertz CT molecular complexity index is 930. The Balaban J connectivity index is 1.70. The average Bonchev–Trinajstić information content (AvgIpc) is 3.38. The van der Waals surface area contributed by atoms with Crippen molar-refractivity contribution in [1.29, 1.82) is 0 Å². The summed E-state index contributed by atoms with van der Waals surface area (Å²) in [4.78, 5) is 19.4. The first-order chi connectivity index (χ1) is 12.6. The van der Waals surface area contributed by atoms with Crippen LogP contribution >= 0.6 is 11.3 Å². The van der Waals surface area contributed by atoms with Crippen LogP contribution in [0.15, 0.2) is 30.5 Å². The normalized spacial score (nSPS) is 16.9. The third kappa shape index (κ3) is 3.30. The second kappa shape index (κ2) is 7.05. The van der Waals surface area contributed by atoms with Gasteiger partial charge in [-0.1, -0.05) is 11.3 Å². The van der Waals surface area contributed by atoms with Gasteiger partial charge in [0.05, 0.1) is 30.0 Å². The number of nitrogens with zero attached hydrogens (tertiary/aromatic N) is 4. The number of fused-ring (bicyclic) bond motifs is 1. The third-order valence-electron chi connectivity index (χ3n) is 4.40. The molecule has 1 aromatic carbocycles. The number of aromatic nitrogens is 3. The third-order valence-corrected chi connectivity index (χ3v) is 5.44. The molecule has 1 fully saturated rings.